The summed E-state index contributed by atoms with van der Waals surface area (Å²) in [7, 11) is 0. The van der Waals surface area contributed by atoms with Crippen LogP contribution in [0.2, 0.25) is 0 Å². The summed E-state index contributed by atoms with van der Waals surface area (Å²) in [4.78, 5) is 2.41. The summed E-state index contributed by atoms with van der Waals surface area (Å²) < 4.78 is 0. The van der Waals surface area contributed by atoms with E-state index in [2.05, 4.69) is 207 Å². The fourth-order valence-corrected chi connectivity index (χ4v) is 9.61. The van der Waals surface area contributed by atoms with Gasteiger partial charge in [0.25, 0.3) is 0 Å². The van der Waals surface area contributed by atoms with Crippen molar-refractivity contribution in [1.29, 1.82) is 0 Å². The van der Waals surface area contributed by atoms with Gasteiger partial charge >= 0.3 is 0 Å². The Bertz CT molecular complexity index is 2890. The maximum atomic E-state index is 2.54. The first kappa shape index (κ1) is 30.9. The molecule has 9 aromatic rings. The first-order valence-corrected chi connectivity index (χ1v) is 19.0. The van der Waals surface area contributed by atoms with E-state index < -0.39 is 0 Å². The third-order valence-corrected chi connectivity index (χ3v) is 12.0. The Kier molecular flexibility index (Phi) is 6.66. The average Bonchev–Trinajstić information content (AvgIpc) is 3.67. The monoisotopic (exact) mass is 687 g/mol. The molecule has 0 bridgehead atoms. The quantitative estimate of drug-likeness (QED) is 0.174. The second-order valence-electron chi connectivity index (χ2n) is 15.2. The van der Waals surface area contributed by atoms with Crippen LogP contribution in [-0.4, -0.2) is 0 Å². The van der Waals surface area contributed by atoms with Crippen molar-refractivity contribution in [3.63, 3.8) is 0 Å². The number of fused-ring (bicyclic) bond motifs is 7. The summed E-state index contributed by atoms with van der Waals surface area (Å²) in [5.41, 5.74) is 19.1. The molecule has 2 aliphatic rings. The largest absolute Gasteiger partial charge is 0.310 e. The fraction of sp³-hybridized carbons (Fsp3) is 0.0566. The molecule has 0 aromatic heterocycles. The van der Waals surface area contributed by atoms with E-state index in [0.29, 0.717) is 0 Å². The number of benzene rings is 9. The van der Waals surface area contributed by atoms with Crippen molar-refractivity contribution < 1.29 is 0 Å². The lowest BCUT2D eigenvalue weighted by Crippen LogP contribution is -2.14. The summed E-state index contributed by atoms with van der Waals surface area (Å²) >= 11 is 0. The Labute approximate surface area is 316 Å². The zero-order valence-corrected chi connectivity index (χ0v) is 30.3. The molecule has 0 amide bonds. The van der Waals surface area contributed by atoms with E-state index in [1.807, 2.05) is 0 Å². The summed E-state index contributed by atoms with van der Waals surface area (Å²) in [6.45, 7) is 4.78. The van der Waals surface area contributed by atoms with Gasteiger partial charge in [0.1, 0.15) is 0 Å². The Morgan fingerprint density at radius 3 is 1.46 bits per heavy atom. The zero-order valence-electron chi connectivity index (χ0n) is 30.3. The van der Waals surface area contributed by atoms with E-state index in [4.69, 9.17) is 0 Å². The third-order valence-electron chi connectivity index (χ3n) is 12.0. The molecule has 254 valence electrons. The van der Waals surface area contributed by atoms with Crippen molar-refractivity contribution in [3.05, 3.63) is 199 Å². The van der Waals surface area contributed by atoms with Gasteiger partial charge < -0.3 is 4.90 Å². The van der Waals surface area contributed by atoms with E-state index in [1.54, 1.807) is 0 Å². The van der Waals surface area contributed by atoms with E-state index in [9.17, 15) is 0 Å². The number of hydrogen-bond acceptors (Lipinski definition) is 1. The molecule has 0 unspecified atom stereocenters. The average molecular weight is 688 g/mol. The molecule has 2 aliphatic carbocycles. The molecule has 0 radical (unpaired) electrons. The molecule has 0 saturated carbocycles. The van der Waals surface area contributed by atoms with Gasteiger partial charge in [0.05, 0.1) is 5.69 Å². The SMILES string of the molecule is CC1(C)c2ccccc2-c2cc3c(-c4ccccc4)c4c(c(-c5ccccc5)c3cc21)-c1cccc2c(N(c3ccccc3)c3ccccc3)ccc-4c12. The van der Waals surface area contributed by atoms with Gasteiger partial charge in [0.15, 0.2) is 0 Å². The zero-order chi connectivity index (χ0) is 36.0. The molecule has 0 fully saturated rings. The van der Waals surface area contributed by atoms with Crippen LogP contribution >= 0.6 is 0 Å². The minimum atomic E-state index is -0.115. The van der Waals surface area contributed by atoms with Gasteiger partial charge in [-0.05, 0) is 125 Å². The number of anilines is 3. The van der Waals surface area contributed by atoms with Crippen molar-refractivity contribution in [3.8, 4) is 55.6 Å². The van der Waals surface area contributed by atoms with Gasteiger partial charge in [0, 0.05) is 22.2 Å². The lowest BCUT2D eigenvalue weighted by atomic mass is 9.78. The molecule has 0 saturated heterocycles. The highest BCUT2D eigenvalue weighted by atomic mass is 15.1. The highest BCUT2D eigenvalue weighted by Gasteiger charge is 2.38. The van der Waals surface area contributed by atoms with Crippen LogP contribution in [0.3, 0.4) is 0 Å². The molecular formula is C53H37N. The predicted octanol–water partition coefficient (Wildman–Crippen LogP) is 14.8. The first-order valence-electron chi connectivity index (χ1n) is 19.0. The van der Waals surface area contributed by atoms with Gasteiger partial charge in [-0.3, -0.25) is 0 Å². The number of nitrogens with zero attached hydrogens (tertiary/aromatic N) is 1. The van der Waals surface area contributed by atoms with Crippen LogP contribution in [0, 0.1) is 0 Å². The maximum Gasteiger partial charge on any atom is 0.0540 e. The fourth-order valence-electron chi connectivity index (χ4n) is 9.61. The molecule has 54 heavy (non-hydrogen) atoms. The Hall–Kier alpha value is -6.70. The second kappa shape index (κ2) is 11.7. The minimum Gasteiger partial charge on any atom is -0.310 e. The van der Waals surface area contributed by atoms with E-state index >= 15 is 0 Å². The normalized spacial score (nSPS) is 13.1. The Morgan fingerprint density at radius 1 is 0.352 bits per heavy atom. The van der Waals surface area contributed by atoms with E-state index in [-0.39, 0.29) is 5.41 Å². The van der Waals surface area contributed by atoms with Crippen LogP contribution in [-0.2, 0) is 5.41 Å². The van der Waals surface area contributed by atoms with Gasteiger partial charge in [-0.25, -0.2) is 0 Å². The predicted molar refractivity (Wildman–Crippen MR) is 229 cm³/mol. The lowest BCUT2D eigenvalue weighted by Gasteiger charge is -2.27. The van der Waals surface area contributed by atoms with Crippen LogP contribution in [0.15, 0.2) is 188 Å². The van der Waals surface area contributed by atoms with Crippen molar-refractivity contribution in [2.45, 2.75) is 19.3 Å². The summed E-state index contributed by atoms with van der Waals surface area (Å²) in [6, 6.07) is 69.4. The van der Waals surface area contributed by atoms with Crippen LogP contribution < -0.4 is 4.90 Å². The van der Waals surface area contributed by atoms with Crippen LogP contribution in [0.5, 0.6) is 0 Å². The maximum absolute atomic E-state index is 2.54. The second-order valence-corrected chi connectivity index (χ2v) is 15.2. The molecule has 11 rings (SSSR count). The van der Waals surface area contributed by atoms with Crippen LogP contribution in [0.1, 0.15) is 25.0 Å². The Balaban J connectivity index is 1.30. The number of hydrogen-bond donors (Lipinski definition) is 0. The van der Waals surface area contributed by atoms with E-state index in [0.717, 1.165) is 11.4 Å². The molecule has 0 aliphatic heterocycles. The highest BCUT2D eigenvalue weighted by Crippen LogP contribution is 2.61. The smallest absolute Gasteiger partial charge is 0.0540 e. The van der Waals surface area contributed by atoms with E-state index in [1.165, 1.54) is 94.0 Å². The minimum absolute atomic E-state index is 0.115. The molecule has 0 spiro atoms. The molecular weight excluding hydrogens is 651 g/mol. The first-order chi connectivity index (χ1) is 26.6. The van der Waals surface area contributed by atoms with Crippen molar-refractivity contribution in [2.75, 3.05) is 4.90 Å². The van der Waals surface area contributed by atoms with Crippen molar-refractivity contribution in [1.82, 2.24) is 0 Å². The van der Waals surface area contributed by atoms with Gasteiger partial charge in [-0.2, -0.15) is 0 Å². The molecule has 1 heteroatoms. The summed E-state index contributed by atoms with van der Waals surface area (Å²) in [5.74, 6) is 0. The molecule has 0 atom stereocenters. The molecule has 1 nitrogen and oxygen atoms in total. The van der Waals surface area contributed by atoms with Crippen molar-refractivity contribution >= 4 is 38.6 Å². The lowest BCUT2D eigenvalue weighted by molar-refractivity contribution is 0.661. The highest BCUT2D eigenvalue weighted by molar-refractivity contribution is 6.29. The van der Waals surface area contributed by atoms with Gasteiger partial charge in [-0.1, -0.05) is 159 Å². The van der Waals surface area contributed by atoms with Crippen LogP contribution in [0.4, 0.5) is 17.1 Å². The number of para-hydroxylation sites is 2. The van der Waals surface area contributed by atoms with Crippen LogP contribution in [0.25, 0.3) is 77.2 Å². The molecule has 9 aromatic carbocycles. The Morgan fingerprint density at radius 2 is 0.852 bits per heavy atom. The topological polar surface area (TPSA) is 3.24 Å². The molecule has 0 N–H and O–H groups in total. The number of rotatable bonds is 5. The van der Waals surface area contributed by atoms with Gasteiger partial charge in [0.2, 0.25) is 0 Å². The standard InChI is InChI=1S/C53H37N/c1-53(2)45-29-16-15-26-38(45)42-32-43-44(33-46(42)53)49(35-20-9-4-10-21-35)51-40-28-17-27-39-47(54(36-22-11-5-12-23-36)37-24-13-6-14-25-37)31-30-41(50(39)40)52(51)48(43)34-18-7-3-8-19-34/h3-33H,1-2H3. The van der Waals surface area contributed by atoms with Crippen molar-refractivity contribution in [2.24, 2.45) is 0 Å². The van der Waals surface area contributed by atoms with Gasteiger partial charge in [-0.15, -0.1) is 0 Å². The molecule has 0 heterocycles. The third kappa shape index (κ3) is 4.33. The summed E-state index contributed by atoms with van der Waals surface area (Å²) in [5, 5.41) is 5.15. The summed E-state index contributed by atoms with van der Waals surface area (Å²) in [6.07, 6.45) is 0.